The minimum atomic E-state index is -6.98. The maximum atomic E-state index is 13.0. The van der Waals surface area contributed by atoms with Gasteiger partial charge in [0.05, 0.1) is 0 Å². The maximum absolute atomic E-state index is 13.0. The van der Waals surface area contributed by atoms with Crippen LogP contribution in [0.4, 0.5) is 0 Å². The van der Waals surface area contributed by atoms with Crippen LogP contribution in [0.15, 0.2) is 0 Å². The molecule has 0 saturated carbocycles. The van der Waals surface area contributed by atoms with Crippen molar-refractivity contribution in [1.82, 2.24) is 0 Å². The summed E-state index contributed by atoms with van der Waals surface area (Å²) in [7, 11) is -18.7. The van der Waals surface area contributed by atoms with E-state index in [2.05, 4.69) is 0 Å². The summed E-state index contributed by atoms with van der Waals surface area (Å²) >= 11 is -6.98. The second-order valence-electron chi connectivity index (χ2n) is 11.0. The molecule has 2 aliphatic heterocycles. The first-order valence-corrected chi connectivity index (χ1v) is 25.9. The summed E-state index contributed by atoms with van der Waals surface area (Å²) in [5.41, 5.74) is 0. The van der Waals surface area contributed by atoms with E-state index in [1.165, 1.54) is 0 Å². The van der Waals surface area contributed by atoms with Gasteiger partial charge in [-0.25, -0.2) is 0 Å². The van der Waals surface area contributed by atoms with E-state index in [0.29, 0.717) is 25.7 Å². The predicted molar refractivity (Wildman–Crippen MR) is 158 cm³/mol. The van der Waals surface area contributed by atoms with Crippen LogP contribution < -0.4 is 0 Å². The van der Waals surface area contributed by atoms with E-state index >= 15 is 0 Å². The first-order valence-electron chi connectivity index (χ1n) is 15.0. The predicted octanol–water partition coefficient (Wildman–Crippen LogP) is 4.64. The Morgan fingerprint density at radius 2 is 0.415 bits per heavy atom. The molecule has 0 aromatic carbocycles. The molecule has 0 N–H and O–H groups in total. The van der Waals surface area contributed by atoms with E-state index in [1.807, 2.05) is 0 Å². The molecule has 0 aromatic rings. The van der Waals surface area contributed by atoms with Gasteiger partial charge in [0.1, 0.15) is 0 Å². The van der Waals surface area contributed by atoms with Gasteiger partial charge >= 0.3 is 256 Å². The first-order chi connectivity index (χ1) is 19.2. The number of hydrogen-bond acceptors (Lipinski definition) is 12. The second kappa shape index (κ2) is 18.4. The van der Waals surface area contributed by atoms with Crippen LogP contribution in [0.25, 0.3) is 0 Å². The van der Waals surface area contributed by atoms with Crippen LogP contribution in [0.5, 0.6) is 0 Å². The molecule has 0 atom stereocenters. The van der Waals surface area contributed by atoms with Crippen molar-refractivity contribution in [1.29, 1.82) is 0 Å². The van der Waals surface area contributed by atoms with Crippen molar-refractivity contribution in [3.63, 3.8) is 0 Å². The van der Waals surface area contributed by atoms with E-state index in [9.17, 15) is 33.7 Å². The Morgan fingerprint density at radius 1 is 0.268 bits per heavy atom. The molecule has 2 rings (SSSR count). The fraction of sp³-hybridized carbons (Fsp3) is 1.00. The van der Waals surface area contributed by atoms with Crippen LogP contribution in [0, 0.1) is 0 Å². The Kier molecular flexibility index (Phi) is 16.9. The summed E-state index contributed by atoms with van der Waals surface area (Å²) < 4.78 is 125. The number of rotatable bonds is 0. The van der Waals surface area contributed by atoms with E-state index in [1.54, 1.807) is 0 Å². The van der Waals surface area contributed by atoms with Crippen molar-refractivity contribution in [2.45, 2.75) is 128 Å². The molecule has 0 aromatic heterocycles. The Balaban J connectivity index is 2.47. The van der Waals surface area contributed by atoms with Crippen molar-refractivity contribution in [3.05, 3.63) is 0 Å². The van der Waals surface area contributed by atoms with Crippen molar-refractivity contribution < 1.29 is 43.8 Å². The fourth-order valence-corrected chi connectivity index (χ4v) is 27.1. The van der Waals surface area contributed by atoms with E-state index in [-0.39, 0.29) is 25.7 Å². The molecule has 12 nitrogen and oxygen atoms in total. The third-order valence-electron chi connectivity index (χ3n) is 6.99. The minimum absolute atomic E-state index is 0.149. The quantitative estimate of drug-likeness (QED) is 0.313. The van der Waals surface area contributed by atoms with E-state index in [0.717, 1.165) is 77.0 Å². The molecule has 244 valence electrons. The molecule has 2 heterocycles. The van der Waals surface area contributed by atoms with Gasteiger partial charge in [-0.05, 0) is 0 Å². The van der Waals surface area contributed by atoms with E-state index < -0.39 is 83.5 Å². The zero-order valence-corrected chi connectivity index (χ0v) is 30.1. The van der Waals surface area contributed by atoms with Gasteiger partial charge in [0.15, 0.2) is 0 Å². The molecular weight excluding hydrogens is 727 g/mol. The molecule has 0 amide bonds. The average molecular weight is 776 g/mol. The van der Waals surface area contributed by atoms with Gasteiger partial charge in [0.2, 0.25) is 0 Å². The zero-order valence-electron chi connectivity index (χ0n) is 24.0. The van der Waals surface area contributed by atoms with Crippen LogP contribution >= 0.6 is 0 Å². The molecule has 17 heteroatoms. The normalized spacial score (nSPS) is 28.5. The molecule has 2 saturated heterocycles. The Bertz CT molecular complexity index is 995. The van der Waals surface area contributed by atoms with Gasteiger partial charge < -0.3 is 0 Å². The summed E-state index contributed by atoms with van der Waals surface area (Å²) in [4.78, 5) is 0. The zero-order chi connectivity index (χ0) is 30.3. The van der Waals surface area contributed by atoms with Crippen molar-refractivity contribution >= 4 is 60.5 Å². The SMILES string of the molecule is O=S1(=O)CCCCCCCCCCCCS(=O)(=O)[O][Sn]2([O]1)[O]S(=O)(=O)CCCCCCCCCCCCS(=O)(=O)[O]2. The van der Waals surface area contributed by atoms with Gasteiger partial charge in [-0.3, -0.25) is 0 Å². The standard InChI is InChI=1S/2C12H26O6S2.Sn/c2*13-19(14,15)11-9-7-5-3-1-2-4-6-8-10-12-20(16,17)18;/h2*1-12H2,(H,13,14,15)(H,16,17,18);/q;;+4/p-4. The topological polar surface area (TPSA) is 173 Å². The summed E-state index contributed by atoms with van der Waals surface area (Å²) in [6.45, 7) is 0. The molecule has 1 spiro atoms. The summed E-state index contributed by atoms with van der Waals surface area (Å²) in [5.74, 6) is -2.38. The Hall–Kier alpha value is 0.439. The molecule has 0 bridgehead atoms. The van der Waals surface area contributed by atoms with Crippen molar-refractivity contribution in [2.24, 2.45) is 0 Å². The van der Waals surface area contributed by atoms with Crippen LogP contribution in [-0.2, 0) is 50.6 Å². The second-order valence-corrected chi connectivity index (χ2v) is 26.3. The Morgan fingerprint density at radius 3 is 0.585 bits per heavy atom. The monoisotopic (exact) mass is 776 g/mol. The summed E-state index contributed by atoms with van der Waals surface area (Å²) in [5, 5.41) is 0. The molecular formula is C24H48O12S4Sn. The molecule has 41 heavy (non-hydrogen) atoms. The summed E-state index contributed by atoms with van der Waals surface area (Å²) in [6, 6.07) is 0. The van der Waals surface area contributed by atoms with Crippen LogP contribution in [0.3, 0.4) is 0 Å². The van der Waals surface area contributed by atoms with Gasteiger partial charge in [-0.2, -0.15) is 0 Å². The number of hydrogen-bond donors (Lipinski definition) is 0. The molecule has 2 aliphatic rings. The summed E-state index contributed by atoms with van der Waals surface area (Å²) in [6.07, 6.45) is 13.5. The molecule has 0 aliphatic carbocycles. The third-order valence-corrected chi connectivity index (χ3v) is 27.7. The van der Waals surface area contributed by atoms with Gasteiger partial charge in [0.25, 0.3) is 0 Å². The van der Waals surface area contributed by atoms with Gasteiger partial charge in [-0.15, -0.1) is 0 Å². The first kappa shape index (κ1) is 37.6. The molecule has 0 radical (unpaired) electrons. The van der Waals surface area contributed by atoms with Gasteiger partial charge in [0, 0.05) is 0 Å². The molecule has 2 fully saturated rings. The van der Waals surface area contributed by atoms with E-state index in [4.69, 9.17) is 10.1 Å². The van der Waals surface area contributed by atoms with Crippen LogP contribution in [0.2, 0.25) is 0 Å². The van der Waals surface area contributed by atoms with Crippen molar-refractivity contribution in [3.8, 4) is 0 Å². The molecule has 0 unspecified atom stereocenters. The van der Waals surface area contributed by atoms with Crippen LogP contribution in [0.1, 0.15) is 128 Å². The Labute approximate surface area is 254 Å². The van der Waals surface area contributed by atoms with Gasteiger partial charge in [-0.1, -0.05) is 0 Å². The third kappa shape index (κ3) is 17.5. The fourth-order valence-electron chi connectivity index (χ4n) is 4.82. The van der Waals surface area contributed by atoms with Crippen molar-refractivity contribution in [2.75, 3.05) is 23.0 Å². The van der Waals surface area contributed by atoms with Crippen LogP contribution in [-0.4, -0.2) is 76.7 Å². The average Bonchev–Trinajstić information content (AvgIpc) is 2.82.